The highest BCUT2D eigenvalue weighted by molar-refractivity contribution is 5.51. The topological polar surface area (TPSA) is 53.7 Å². The number of rotatable bonds is 4. The molecule has 2 N–H and O–H groups in total. The molecule has 1 heterocycles. The Morgan fingerprint density at radius 1 is 1.25 bits per heavy atom. The zero-order chi connectivity index (χ0) is 11.0. The minimum absolute atomic E-state index is 0.283. The largest absolute Gasteiger partial charge is 0.493 e. The molecule has 3 rings (SSSR count). The number of hydrogen-bond donors (Lipinski definition) is 1. The normalized spacial score (nSPS) is 17.6. The van der Waals surface area contributed by atoms with Crippen LogP contribution < -0.4 is 19.9 Å². The molecule has 0 aromatic heterocycles. The number of nitrogens with two attached hydrogens (primary N) is 1. The van der Waals surface area contributed by atoms with Gasteiger partial charge in [-0.1, -0.05) is 0 Å². The van der Waals surface area contributed by atoms with Crippen LogP contribution in [-0.4, -0.2) is 13.4 Å². The maximum absolute atomic E-state index is 5.76. The van der Waals surface area contributed by atoms with E-state index in [1.165, 1.54) is 12.8 Å². The monoisotopic (exact) mass is 221 g/mol. The Morgan fingerprint density at radius 3 is 2.69 bits per heavy atom. The molecule has 16 heavy (non-hydrogen) atoms. The van der Waals surface area contributed by atoms with Crippen LogP contribution in [0.3, 0.4) is 0 Å². The Kier molecular flexibility index (Phi) is 2.36. The predicted octanol–water partition coefficient (Wildman–Crippen LogP) is 1.66. The minimum Gasteiger partial charge on any atom is -0.493 e. The fourth-order valence-electron chi connectivity index (χ4n) is 1.75. The van der Waals surface area contributed by atoms with Crippen molar-refractivity contribution in [2.24, 2.45) is 11.7 Å². The molecule has 4 nitrogen and oxygen atoms in total. The lowest BCUT2D eigenvalue weighted by Gasteiger charge is -2.10. The van der Waals surface area contributed by atoms with Gasteiger partial charge < -0.3 is 19.9 Å². The lowest BCUT2D eigenvalue weighted by Crippen LogP contribution is -2.04. The average molecular weight is 221 g/mol. The van der Waals surface area contributed by atoms with Gasteiger partial charge in [0.15, 0.2) is 11.5 Å². The van der Waals surface area contributed by atoms with E-state index in [0.29, 0.717) is 6.54 Å². The van der Waals surface area contributed by atoms with Gasteiger partial charge in [0.05, 0.1) is 6.61 Å². The number of ether oxygens (including phenoxy) is 3. The quantitative estimate of drug-likeness (QED) is 0.840. The first-order chi connectivity index (χ1) is 7.86. The molecule has 1 aromatic carbocycles. The Hall–Kier alpha value is -1.42. The third-order valence-electron chi connectivity index (χ3n) is 2.95. The fraction of sp³-hybridized carbons (Fsp3) is 0.500. The van der Waals surface area contributed by atoms with Crippen molar-refractivity contribution in [1.29, 1.82) is 0 Å². The smallest absolute Gasteiger partial charge is 0.231 e. The average Bonchev–Trinajstić information content (AvgIpc) is 3.02. The second-order valence-corrected chi connectivity index (χ2v) is 4.27. The molecule has 0 amide bonds. The molecule has 0 unspecified atom stereocenters. The van der Waals surface area contributed by atoms with Gasteiger partial charge >= 0.3 is 0 Å². The van der Waals surface area contributed by atoms with E-state index >= 15 is 0 Å². The summed E-state index contributed by atoms with van der Waals surface area (Å²) < 4.78 is 16.4. The van der Waals surface area contributed by atoms with Gasteiger partial charge in [-0.2, -0.15) is 0 Å². The van der Waals surface area contributed by atoms with Crippen LogP contribution in [0, 0.1) is 5.92 Å². The highest BCUT2D eigenvalue weighted by Crippen LogP contribution is 2.39. The summed E-state index contributed by atoms with van der Waals surface area (Å²) in [5, 5.41) is 0. The summed E-state index contributed by atoms with van der Waals surface area (Å²) in [6.07, 6.45) is 2.56. The molecule has 0 bridgehead atoms. The summed E-state index contributed by atoms with van der Waals surface area (Å²) in [7, 11) is 0. The van der Waals surface area contributed by atoms with Crippen LogP contribution in [-0.2, 0) is 6.54 Å². The molecule has 2 aliphatic rings. The van der Waals surface area contributed by atoms with Gasteiger partial charge in [0.25, 0.3) is 0 Å². The maximum atomic E-state index is 5.76. The third kappa shape index (κ3) is 1.80. The molecule has 1 saturated carbocycles. The van der Waals surface area contributed by atoms with E-state index in [-0.39, 0.29) is 6.79 Å². The molecule has 0 atom stereocenters. The fourth-order valence-corrected chi connectivity index (χ4v) is 1.75. The summed E-state index contributed by atoms with van der Waals surface area (Å²) in [6, 6.07) is 3.79. The summed E-state index contributed by atoms with van der Waals surface area (Å²) in [6.45, 7) is 1.52. The van der Waals surface area contributed by atoms with Crippen molar-refractivity contribution in [3.8, 4) is 17.2 Å². The first-order valence-corrected chi connectivity index (χ1v) is 5.62. The first kappa shape index (κ1) is 9.78. The van der Waals surface area contributed by atoms with Gasteiger partial charge in [-0.3, -0.25) is 0 Å². The molecule has 1 aromatic rings. The van der Waals surface area contributed by atoms with E-state index in [4.69, 9.17) is 19.9 Å². The van der Waals surface area contributed by atoms with Crippen molar-refractivity contribution in [2.75, 3.05) is 13.4 Å². The lowest BCUT2D eigenvalue weighted by molar-refractivity contribution is 0.173. The van der Waals surface area contributed by atoms with Crippen molar-refractivity contribution < 1.29 is 14.2 Å². The number of fused-ring (bicyclic) bond motifs is 1. The van der Waals surface area contributed by atoms with E-state index in [9.17, 15) is 0 Å². The van der Waals surface area contributed by atoms with Crippen LogP contribution in [0.15, 0.2) is 12.1 Å². The molecule has 4 heteroatoms. The molecule has 0 radical (unpaired) electrons. The van der Waals surface area contributed by atoms with Crippen LogP contribution in [0.4, 0.5) is 0 Å². The third-order valence-corrected chi connectivity index (χ3v) is 2.95. The molecule has 1 aliphatic carbocycles. The predicted molar refractivity (Wildman–Crippen MR) is 58.7 cm³/mol. The van der Waals surface area contributed by atoms with Gasteiger partial charge in [-0.15, -0.1) is 0 Å². The first-order valence-electron chi connectivity index (χ1n) is 5.62. The standard InChI is InChI=1S/C12H15NO3/c13-5-9-3-11-12(16-7-15-11)4-10(9)14-6-8-1-2-8/h3-4,8H,1-2,5-7,13H2. The van der Waals surface area contributed by atoms with Gasteiger partial charge in [-0.25, -0.2) is 0 Å². The van der Waals surface area contributed by atoms with Gasteiger partial charge in [-0.05, 0) is 24.8 Å². The summed E-state index contributed by atoms with van der Waals surface area (Å²) in [5.74, 6) is 3.08. The van der Waals surface area contributed by atoms with E-state index < -0.39 is 0 Å². The molecule has 1 aliphatic heterocycles. The van der Waals surface area contributed by atoms with Crippen LogP contribution >= 0.6 is 0 Å². The van der Waals surface area contributed by atoms with Crippen molar-refractivity contribution >= 4 is 0 Å². The SMILES string of the molecule is NCc1cc2c(cc1OCC1CC1)OCO2. The summed E-state index contributed by atoms with van der Waals surface area (Å²) in [4.78, 5) is 0. The maximum Gasteiger partial charge on any atom is 0.231 e. The minimum atomic E-state index is 0.283. The number of hydrogen-bond acceptors (Lipinski definition) is 4. The second-order valence-electron chi connectivity index (χ2n) is 4.27. The Balaban J connectivity index is 1.83. The van der Waals surface area contributed by atoms with Crippen LogP contribution in [0.2, 0.25) is 0 Å². The van der Waals surface area contributed by atoms with Crippen molar-refractivity contribution in [3.05, 3.63) is 17.7 Å². The highest BCUT2D eigenvalue weighted by Gasteiger charge is 2.23. The highest BCUT2D eigenvalue weighted by atomic mass is 16.7. The van der Waals surface area contributed by atoms with Gasteiger partial charge in [0.1, 0.15) is 5.75 Å². The number of benzene rings is 1. The Morgan fingerprint density at radius 2 is 2.00 bits per heavy atom. The second kappa shape index (κ2) is 3.87. The molecule has 0 spiro atoms. The molecular weight excluding hydrogens is 206 g/mol. The molecule has 1 fully saturated rings. The lowest BCUT2D eigenvalue weighted by atomic mass is 10.2. The zero-order valence-electron chi connectivity index (χ0n) is 9.07. The van der Waals surface area contributed by atoms with E-state index in [1.807, 2.05) is 12.1 Å². The van der Waals surface area contributed by atoms with Gasteiger partial charge in [0.2, 0.25) is 6.79 Å². The Bertz CT molecular complexity index is 401. The zero-order valence-corrected chi connectivity index (χ0v) is 9.07. The summed E-state index contributed by atoms with van der Waals surface area (Å²) in [5.41, 5.74) is 6.67. The molecular formula is C12H15NO3. The summed E-state index contributed by atoms with van der Waals surface area (Å²) >= 11 is 0. The molecule has 86 valence electrons. The van der Waals surface area contributed by atoms with Crippen LogP contribution in [0.5, 0.6) is 17.2 Å². The van der Waals surface area contributed by atoms with Crippen molar-refractivity contribution in [2.45, 2.75) is 19.4 Å². The van der Waals surface area contributed by atoms with E-state index in [1.54, 1.807) is 0 Å². The van der Waals surface area contributed by atoms with Gasteiger partial charge in [0, 0.05) is 18.2 Å². The van der Waals surface area contributed by atoms with E-state index in [0.717, 1.165) is 35.3 Å². The van der Waals surface area contributed by atoms with Crippen molar-refractivity contribution in [1.82, 2.24) is 0 Å². The van der Waals surface area contributed by atoms with Crippen LogP contribution in [0.25, 0.3) is 0 Å². The van der Waals surface area contributed by atoms with E-state index in [2.05, 4.69) is 0 Å². The Labute approximate surface area is 94.3 Å². The molecule has 0 saturated heterocycles. The van der Waals surface area contributed by atoms with Crippen LogP contribution in [0.1, 0.15) is 18.4 Å². The van der Waals surface area contributed by atoms with Crippen molar-refractivity contribution in [3.63, 3.8) is 0 Å².